The van der Waals surface area contributed by atoms with Crippen LogP contribution in [0.3, 0.4) is 0 Å². The van der Waals surface area contributed by atoms with Crippen LogP contribution in [-0.4, -0.2) is 174 Å². The largest absolute Gasteiger partial charge is 0.508 e. The van der Waals surface area contributed by atoms with Crippen molar-refractivity contribution >= 4 is 71.0 Å². The number of carboxylic acids is 2. The lowest BCUT2D eigenvalue weighted by atomic mass is 10.0. The average Bonchev–Trinajstić information content (AvgIpc) is 3.83. The van der Waals surface area contributed by atoms with E-state index in [1.807, 2.05) is 0 Å². The highest BCUT2D eigenvalue weighted by Crippen LogP contribution is 2.13. The van der Waals surface area contributed by atoms with E-state index in [2.05, 4.69) is 52.5 Å². The topological polar surface area (TPSA) is 423 Å². The zero-order valence-corrected chi connectivity index (χ0v) is 42.6. The molecule has 0 aliphatic carbocycles. The molecular weight excluding hydrogens is 979 g/mol. The van der Waals surface area contributed by atoms with E-state index < -0.39 is 145 Å². The van der Waals surface area contributed by atoms with Gasteiger partial charge < -0.3 is 78.8 Å². The molecule has 26 nitrogen and oxygen atoms in total. The van der Waals surface area contributed by atoms with Gasteiger partial charge in [0.05, 0.1) is 31.1 Å². The van der Waals surface area contributed by atoms with E-state index in [1.165, 1.54) is 57.2 Å². The number of aliphatic hydroxyl groups excluding tert-OH is 2. The van der Waals surface area contributed by atoms with Crippen LogP contribution >= 0.6 is 11.8 Å². The lowest BCUT2D eigenvalue weighted by Crippen LogP contribution is -2.62. The second kappa shape index (κ2) is 30.9. The van der Waals surface area contributed by atoms with E-state index in [-0.39, 0.29) is 43.1 Å². The Labute approximate surface area is 426 Å². The Morgan fingerprint density at radius 2 is 1.16 bits per heavy atom. The number of aliphatic hydroxyl groups is 2. The number of imidazole rings is 1. The summed E-state index contributed by atoms with van der Waals surface area (Å²) in [6.07, 6.45) is -0.135. The van der Waals surface area contributed by atoms with Crippen molar-refractivity contribution in [1.82, 2.24) is 52.5 Å². The summed E-state index contributed by atoms with van der Waals surface area (Å²) in [5.74, 6) is -10.7. The van der Waals surface area contributed by atoms with E-state index in [4.69, 9.17) is 5.73 Å². The van der Waals surface area contributed by atoms with Gasteiger partial charge in [-0.25, -0.2) is 9.78 Å². The van der Waals surface area contributed by atoms with Crippen LogP contribution < -0.4 is 48.3 Å². The van der Waals surface area contributed by atoms with Gasteiger partial charge in [0, 0.05) is 24.7 Å². The van der Waals surface area contributed by atoms with Gasteiger partial charge >= 0.3 is 11.9 Å². The zero-order valence-electron chi connectivity index (χ0n) is 41.8. The molecule has 2 aromatic rings. The number of hydrogen-bond acceptors (Lipinski definition) is 16. The molecule has 1 aromatic heterocycles. The second-order valence-electron chi connectivity index (χ2n) is 18.1. The van der Waals surface area contributed by atoms with Crippen LogP contribution in [0.1, 0.15) is 78.5 Å². The quantitative estimate of drug-likeness (QED) is 0.0345. The minimum Gasteiger partial charge on any atom is -0.508 e. The number of thioether (sulfide) groups is 1. The van der Waals surface area contributed by atoms with Crippen molar-refractivity contribution < 1.29 is 73.5 Å². The van der Waals surface area contributed by atoms with Crippen molar-refractivity contribution in [1.29, 1.82) is 0 Å². The fourth-order valence-electron chi connectivity index (χ4n) is 6.97. The molecule has 10 atom stereocenters. The third-order valence-corrected chi connectivity index (χ3v) is 11.6. The van der Waals surface area contributed by atoms with Crippen LogP contribution in [0.5, 0.6) is 5.75 Å². The first kappa shape index (κ1) is 62.3. The molecule has 0 bridgehead atoms. The van der Waals surface area contributed by atoms with E-state index >= 15 is 0 Å². The van der Waals surface area contributed by atoms with Gasteiger partial charge in [0.1, 0.15) is 48.0 Å². The smallest absolute Gasteiger partial charge is 0.326 e. The van der Waals surface area contributed by atoms with Gasteiger partial charge in [-0.3, -0.25) is 43.2 Å². The first-order chi connectivity index (χ1) is 34.2. The molecule has 0 saturated carbocycles. The minimum atomic E-state index is -1.80. The third kappa shape index (κ3) is 22.2. The van der Waals surface area contributed by atoms with Gasteiger partial charge in [-0.15, -0.1) is 0 Å². The van der Waals surface area contributed by atoms with Crippen LogP contribution in [0.2, 0.25) is 0 Å². The number of aromatic amines is 1. The molecule has 0 fully saturated rings. The van der Waals surface area contributed by atoms with Crippen molar-refractivity contribution in [2.45, 2.75) is 141 Å². The summed E-state index contributed by atoms with van der Waals surface area (Å²) >= 11 is 1.28. The maximum Gasteiger partial charge on any atom is 0.326 e. The molecule has 0 aliphatic rings. The summed E-state index contributed by atoms with van der Waals surface area (Å²) < 4.78 is 0. The lowest BCUT2D eigenvalue weighted by molar-refractivity contribution is -0.144. The summed E-state index contributed by atoms with van der Waals surface area (Å²) in [4.78, 5) is 138. The molecular formula is C46H71N11O15S. The summed E-state index contributed by atoms with van der Waals surface area (Å²) in [6.45, 7) is 8.25. The van der Waals surface area contributed by atoms with Crippen molar-refractivity contribution in [3.63, 3.8) is 0 Å². The van der Waals surface area contributed by atoms with Gasteiger partial charge in [-0.1, -0.05) is 39.8 Å². The van der Waals surface area contributed by atoms with Crippen LogP contribution in [0, 0.1) is 11.8 Å². The maximum absolute atomic E-state index is 14.0. The summed E-state index contributed by atoms with van der Waals surface area (Å²) in [7, 11) is 0. The number of carboxylic acid groups (broad SMARTS) is 2. The monoisotopic (exact) mass is 1050 g/mol. The highest BCUT2D eigenvalue weighted by molar-refractivity contribution is 7.98. The fraction of sp³-hybridized carbons (Fsp3) is 0.587. The number of H-pyrrole nitrogens is 1. The lowest BCUT2D eigenvalue weighted by Gasteiger charge is -2.28. The van der Waals surface area contributed by atoms with E-state index in [9.17, 15) is 73.5 Å². The number of nitrogens with two attached hydrogens (primary N) is 1. The molecule has 0 saturated heterocycles. The molecule has 0 radical (unpaired) electrons. The number of hydrogen-bond donors (Lipinski definition) is 15. The zero-order chi connectivity index (χ0) is 55.1. The Hall–Kier alpha value is -6.84. The van der Waals surface area contributed by atoms with Crippen LogP contribution in [0.25, 0.3) is 0 Å². The number of nitrogens with one attached hydrogen (secondary N) is 9. The predicted molar refractivity (Wildman–Crippen MR) is 264 cm³/mol. The van der Waals surface area contributed by atoms with Crippen LogP contribution in [0.15, 0.2) is 36.8 Å². The molecule has 0 unspecified atom stereocenters. The number of aliphatic carboxylic acids is 2. The Morgan fingerprint density at radius 1 is 0.644 bits per heavy atom. The maximum atomic E-state index is 14.0. The molecule has 1 heterocycles. The van der Waals surface area contributed by atoms with Gasteiger partial charge in [0.2, 0.25) is 47.3 Å². The molecule has 2 rings (SSSR count). The summed E-state index contributed by atoms with van der Waals surface area (Å²) in [6, 6.07) is -5.65. The van der Waals surface area contributed by atoms with Gasteiger partial charge in [0.15, 0.2) is 0 Å². The molecule has 73 heavy (non-hydrogen) atoms. The highest BCUT2D eigenvalue weighted by Gasteiger charge is 2.36. The molecule has 0 aliphatic heterocycles. The first-order valence-corrected chi connectivity index (χ1v) is 24.8. The van der Waals surface area contributed by atoms with Crippen molar-refractivity contribution in [3.8, 4) is 5.75 Å². The number of phenols is 1. The fourth-order valence-corrected chi connectivity index (χ4v) is 7.44. The SMILES string of the molecule is CSCC[C@H](NC(=O)[C@@H](NC(=O)[C@H](Cc1cnc[nH]1)NC(=O)[C@@H](NC(=O)CNC(=O)[C@H](CC(C)C)NC(=O)[C@@H](N)Cc1ccc(O)cc1)[C@@H](C)O)[C@@H](C)O)C(=O)N[C@@H](CCC(=O)O)C(=O)N[C@H](C(=O)O)C(C)C. The molecule has 406 valence electrons. The number of aromatic hydroxyl groups is 1. The van der Waals surface area contributed by atoms with E-state index in [0.29, 0.717) is 11.3 Å². The van der Waals surface area contributed by atoms with E-state index in [1.54, 1.807) is 32.2 Å². The van der Waals surface area contributed by atoms with Crippen LogP contribution in [0.4, 0.5) is 0 Å². The van der Waals surface area contributed by atoms with Crippen molar-refractivity contribution in [2.75, 3.05) is 18.6 Å². The number of carbonyl (C=O) groups excluding carboxylic acids is 8. The molecule has 0 spiro atoms. The first-order valence-electron chi connectivity index (χ1n) is 23.4. The Bertz CT molecular complexity index is 2180. The normalized spacial score (nSPS) is 15.3. The number of carbonyl (C=O) groups is 10. The molecule has 8 amide bonds. The van der Waals surface area contributed by atoms with Gasteiger partial charge in [0.25, 0.3) is 0 Å². The number of nitrogens with zero attached hydrogens (tertiary/aromatic N) is 1. The minimum absolute atomic E-state index is 0.0288. The number of phenolic OH excluding ortho intramolecular Hbond substituents is 1. The number of rotatable bonds is 32. The standard InChI is InChI=1S/C46H71N11O15S/c1-22(2)16-32(53-39(64)29(47)17-26-8-10-28(60)11-9-26)40(65)49-20-34(61)55-37(24(5)58)44(69)54-33(18-27-19-48-21-50-27)43(68)57-38(25(6)59)45(70)52-31(14-15-73-7)41(66)51-30(12-13-35(62)63)42(67)56-36(23(3)4)46(71)72/h8-11,19,21-25,29-33,36-38,58-60H,12-18,20,47H2,1-7H3,(H,48,50)(H,49,65)(H,51,66)(H,52,70)(H,53,64)(H,54,69)(H,55,61)(H,56,67)(H,57,68)(H,62,63)(H,71,72)/t24-,25-,29+,30+,31+,32+,33+,36+,37+,38+/m1/s1. The number of benzene rings is 1. The Morgan fingerprint density at radius 3 is 1.68 bits per heavy atom. The van der Waals surface area contributed by atoms with Gasteiger partial charge in [-0.05, 0) is 81.1 Å². The van der Waals surface area contributed by atoms with Crippen molar-refractivity contribution in [2.24, 2.45) is 17.6 Å². The Kier molecular flexibility index (Phi) is 26.4. The molecule has 27 heteroatoms. The summed E-state index contributed by atoms with van der Waals surface area (Å²) in [5, 5.41) is 69.0. The van der Waals surface area contributed by atoms with Crippen LogP contribution in [-0.2, 0) is 60.8 Å². The molecule has 16 N–H and O–H groups in total. The predicted octanol–water partition coefficient (Wildman–Crippen LogP) is -3.10. The van der Waals surface area contributed by atoms with Crippen molar-refractivity contribution in [3.05, 3.63) is 48.0 Å². The average molecular weight is 1050 g/mol. The summed E-state index contributed by atoms with van der Waals surface area (Å²) in [5.41, 5.74) is 7.05. The number of amides is 8. The van der Waals surface area contributed by atoms with E-state index in [0.717, 1.165) is 6.92 Å². The number of aromatic nitrogens is 2. The second-order valence-corrected chi connectivity index (χ2v) is 19.1. The third-order valence-electron chi connectivity index (χ3n) is 11.0. The van der Waals surface area contributed by atoms with Gasteiger partial charge in [-0.2, -0.15) is 11.8 Å². The highest BCUT2D eigenvalue weighted by atomic mass is 32.2. The molecule has 1 aromatic carbocycles. The Balaban J connectivity index is 2.25.